The van der Waals surface area contributed by atoms with E-state index < -0.39 is 5.97 Å². The summed E-state index contributed by atoms with van der Waals surface area (Å²) in [7, 11) is 6.36. The summed E-state index contributed by atoms with van der Waals surface area (Å²) in [6, 6.07) is 0. The Kier molecular flexibility index (Phi) is 8.38. The smallest absolute Gasteiger partial charge is 0.330 e. The van der Waals surface area contributed by atoms with Crippen molar-refractivity contribution in [2.45, 2.75) is 13.3 Å². The largest absolute Gasteiger partial charge is 0.478 e. The number of aliphatic carboxylic acids is 1. The van der Waals surface area contributed by atoms with Crippen LogP contribution in [0.3, 0.4) is 0 Å². The minimum Gasteiger partial charge on any atom is -0.478 e. The average Bonchev–Trinajstić information content (AvgIpc) is 2.00. The highest BCUT2D eigenvalue weighted by atomic mass is 16.4. The number of aliphatic hydroxyl groups excluding tert-OH is 1. The number of rotatable bonds is 4. The number of carboxylic acids is 1. The van der Waals surface area contributed by atoms with E-state index in [0.29, 0.717) is 6.61 Å². The molecule has 0 aliphatic heterocycles. The monoisotopic (exact) mass is 204 g/mol. The molecule has 0 aromatic rings. The van der Waals surface area contributed by atoms with Crippen molar-refractivity contribution < 1.29 is 19.5 Å². The maximum atomic E-state index is 9.60. The van der Waals surface area contributed by atoms with E-state index in [1.54, 1.807) is 0 Å². The molecular formula is C10H22NO3+. The Morgan fingerprint density at radius 3 is 1.79 bits per heavy atom. The fourth-order valence-electron chi connectivity index (χ4n) is 0.545. The standard InChI is InChI=1S/C6H16NO.C4H6O2/c1-7(2,3)5-4-6-8;1-3(2)4(5)6/h8H,4-6H2,1-3H3;1H2,2H3,(H,5,6)/q+1;. The van der Waals surface area contributed by atoms with Crippen LogP contribution in [0.2, 0.25) is 0 Å². The first-order valence-corrected chi connectivity index (χ1v) is 4.51. The number of nitrogens with zero attached hydrogens (tertiary/aromatic N) is 1. The summed E-state index contributed by atoms with van der Waals surface area (Å²) in [5.41, 5.74) is 0.176. The first-order chi connectivity index (χ1) is 6.20. The maximum absolute atomic E-state index is 9.60. The predicted molar refractivity (Wildman–Crippen MR) is 57.1 cm³/mol. The first kappa shape index (κ1) is 15.6. The lowest BCUT2D eigenvalue weighted by Crippen LogP contribution is -2.35. The molecule has 0 rings (SSSR count). The van der Waals surface area contributed by atoms with Crippen LogP contribution in [0.1, 0.15) is 13.3 Å². The van der Waals surface area contributed by atoms with Gasteiger partial charge in [-0.25, -0.2) is 4.79 Å². The number of carbonyl (C=O) groups is 1. The molecule has 0 aromatic heterocycles. The van der Waals surface area contributed by atoms with Crippen LogP contribution >= 0.6 is 0 Å². The molecule has 0 bridgehead atoms. The van der Waals surface area contributed by atoms with Crippen LogP contribution in [-0.2, 0) is 4.79 Å². The van der Waals surface area contributed by atoms with Crippen molar-refractivity contribution in [1.29, 1.82) is 0 Å². The molecule has 4 nitrogen and oxygen atoms in total. The van der Waals surface area contributed by atoms with Crippen molar-refractivity contribution in [3.8, 4) is 0 Å². The van der Waals surface area contributed by atoms with E-state index in [2.05, 4.69) is 27.7 Å². The van der Waals surface area contributed by atoms with Gasteiger partial charge in [0, 0.05) is 18.6 Å². The Hall–Kier alpha value is -0.870. The van der Waals surface area contributed by atoms with E-state index >= 15 is 0 Å². The molecular weight excluding hydrogens is 182 g/mol. The van der Waals surface area contributed by atoms with Crippen LogP contribution in [0.25, 0.3) is 0 Å². The molecule has 0 heterocycles. The number of aliphatic hydroxyl groups is 1. The zero-order chi connectivity index (χ0) is 11.8. The SMILES string of the molecule is C=C(C)C(=O)O.C[N+](C)(C)CCCO. The molecule has 2 N–H and O–H groups in total. The van der Waals surface area contributed by atoms with Crippen LogP contribution in [0, 0.1) is 0 Å². The zero-order valence-corrected chi connectivity index (χ0v) is 9.58. The molecule has 84 valence electrons. The van der Waals surface area contributed by atoms with E-state index in [1.807, 2.05) is 0 Å². The summed E-state index contributed by atoms with van der Waals surface area (Å²) in [4.78, 5) is 9.60. The minimum atomic E-state index is -0.935. The summed E-state index contributed by atoms with van der Waals surface area (Å²) in [5, 5.41) is 16.3. The topological polar surface area (TPSA) is 57.5 Å². The average molecular weight is 204 g/mol. The van der Waals surface area contributed by atoms with Crippen LogP contribution in [0.4, 0.5) is 0 Å². The number of quaternary nitrogens is 1. The van der Waals surface area contributed by atoms with Gasteiger partial charge in [0.15, 0.2) is 0 Å². The molecule has 0 amide bonds. The van der Waals surface area contributed by atoms with Gasteiger partial charge in [0.1, 0.15) is 0 Å². The lowest BCUT2D eigenvalue weighted by molar-refractivity contribution is -0.870. The second-order valence-corrected chi connectivity index (χ2v) is 4.18. The predicted octanol–water partition coefficient (Wildman–Crippen LogP) is 0.722. The van der Waals surface area contributed by atoms with Crippen molar-refractivity contribution in [1.82, 2.24) is 0 Å². The van der Waals surface area contributed by atoms with Gasteiger partial charge in [-0.1, -0.05) is 6.58 Å². The van der Waals surface area contributed by atoms with Gasteiger partial charge in [-0.15, -0.1) is 0 Å². The van der Waals surface area contributed by atoms with Gasteiger partial charge in [0.25, 0.3) is 0 Å². The van der Waals surface area contributed by atoms with Crippen LogP contribution in [0.15, 0.2) is 12.2 Å². The van der Waals surface area contributed by atoms with Gasteiger partial charge in [0.2, 0.25) is 0 Å². The van der Waals surface area contributed by atoms with Crippen LogP contribution < -0.4 is 0 Å². The third-order valence-electron chi connectivity index (χ3n) is 1.35. The molecule has 0 fully saturated rings. The maximum Gasteiger partial charge on any atom is 0.330 e. The molecule has 0 atom stereocenters. The van der Waals surface area contributed by atoms with Crippen molar-refractivity contribution >= 4 is 5.97 Å². The molecule has 0 saturated carbocycles. The molecule has 4 heteroatoms. The molecule has 0 radical (unpaired) electrons. The van der Waals surface area contributed by atoms with E-state index in [-0.39, 0.29) is 5.57 Å². The van der Waals surface area contributed by atoms with E-state index in [9.17, 15) is 4.79 Å². The highest BCUT2D eigenvalue weighted by Crippen LogP contribution is 1.90. The van der Waals surface area contributed by atoms with Crippen molar-refractivity contribution in [3.63, 3.8) is 0 Å². The molecule has 14 heavy (non-hydrogen) atoms. The number of hydrogen-bond donors (Lipinski definition) is 2. The summed E-state index contributed by atoms with van der Waals surface area (Å²) >= 11 is 0. The Morgan fingerprint density at radius 2 is 1.71 bits per heavy atom. The van der Waals surface area contributed by atoms with Gasteiger partial charge in [-0.05, 0) is 6.92 Å². The van der Waals surface area contributed by atoms with Crippen LogP contribution in [-0.4, -0.2) is 55.0 Å². The van der Waals surface area contributed by atoms with E-state index in [0.717, 1.165) is 17.4 Å². The molecule has 0 aliphatic rings. The second-order valence-electron chi connectivity index (χ2n) is 4.18. The second kappa shape index (κ2) is 7.53. The highest BCUT2D eigenvalue weighted by molar-refractivity contribution is 5.84. The minimum absolute atomic E-state index is 0.176. The Balaban J connectivity index is 0. The van der Waals surface area contributed by atoms with Crippen molar-refractivity contribution in [2.24, 2.45) is 0 Å². The summed E-state index contributed by atoms with van der Waals surface area (Å²) in [6.45, 7) is 5.97. The number of hydrogen-bond acceptors (Lipinski definition) is 2. The Bertz CT molecular complexity index is 170. The number of carboxylic acid groups (broad SMARTS) is 1. The van der Waals surface area contributed by atoms with Crippen molar-refractivity contribution in [3.05, 3.63) is 12.2 Å². The van der Waals surface area contributed by atoms with Crippen LogP contribution in [0.5, 0.6) is 0 Å². The Labute approximate surface area is 86.1 Å². The third kappa shape index (κ3) is 17.3. The summed E-state index contributed by atoms with van der Waals surface area (Å²) in [5.74, 6) is -0.935. The molecule has 0 unspecified atom stereocenters. The molecule has 0 aromatic carbocycles. The fourth-order valence-corrected chi connectivity index (χ4v) is 0.545. The van der Waals surface area contributed by atoms with E-state index in [1.165, 1.54) is 6.92 Å². The molecule has 0 saturated heterocycles. The van der Waals surface area contributed by atoms with Gasteiger partial charge in [-0.3, -0.25) is 0 Å². The van der Waals surface area contributed by atoms with Gasteiger partial charge >= 0.3 is 5.97 Å². The lowest BCUT2D eigenvalue weighted by atomic mass is 10.4. The zero-order valence-electron chi connectivity index (χ0n) is 9.58. The quantitative estimate of drug-likeness (QED) is 0.524. The summed E-state index contributed by atoms with van der Waals surface area (Å²) < 4.78 is 0.945. The Morgan fingerprint density at radius 1 is 1.36 bits per heavy atom. The molecule has 0 spiro atoms. The molecule has 0 aliphatic carbocycles. The normalized spacial score (nSPS) is 10.1. The van der Waals surface area contributed by atoms with E-state index in [4.69, 9.17) is 10.2 Å². The first-order valence-electron chi connectivity index (χ1n) is 4.51. The van der Waals surface area contributed by atoms with Gasteiger partial charge < -0.3 is 14.7 Å². The van der Waals surface area contributed by atoms with Gasteiger partial charge in [-0.2, -0.15) is 0 Å². The van der Waals surface area contributed by atoms with Crippen molar-refractivity contribution in [2.75, 3.05) is 34.3 Å². The highest BCUT2D eigenvalue weighted by Gasteiger charge is 2.03. The summed E-state index contributed by atoms with van der Waals surface area (Å²) in [6.07, 6.45) is 0.906. The fraction of sp³-hybridized carbons (Fsp3) is 0.700. The third-order valence-corrected chi connectivity index (χ3v) is 1.35. The van der Waals surface area contributed by atoms with Gasteiger partial charge in [0.05, 0.1) is 27.7 Å². The lowest BCUT2D eigenvalue weighted by Gasteiger charge is -2.22.